The van der Waals surface area contributed by atoms with Crippen LogP contribution in [-0.2, 0) is 7.05 Å². The topological polar surface area (TPSA) is 61.2 Å². The van der Waals surface area contributed by atoms with Crippen LogP contribution >= 0.6 is 0 Å². The van der Waals surface area contributed by atoms with Crippen molar-refractivity contribution in [2.24, 2.45) is 17.0 Å². The third-order valence-electron chi connectivity index (χ3n) is 8.84. The Morgan fingerprint density at radius 1 is 0.548 bits per heavy atom. The molecule has 5 heteroatoms. The van der Waals surface area contributed by atoms with Crippen LogP contribution in [0, 0.1) is 0 Å². The van der Waals surface area contributed by atoms with Crippen LogP contribution in [0.15, 0.2) is 94.9 Å². The molecule has 4 heterocycles. The van der Waals surface area contributed by atoms with E-state index in [4.69, 9.17) is 9.98 Å². The van der Waals surface area contributed by atoms with E-state index >= 15 is 0 Å². The maximum atomic E-state index is 4.89. The second kappa shape index (κ2) is 10.2. The van der Waals surface area contributed by atoms with Crippen molar-refractivity contribution in [1.82, 2.24) is 14.5 Å². The molecule has 0 saturated heterocycles. The number of H-pyrrole nitrogens is 2. The summed E-state index contributed by atoms with van der Waals surface area (Å²) in [7, 11) is 2.16. The number of nitrogens with one attached hydrogen (secondary N) is 2. The van der Waals surface area contributed by atoms with Crippen LogP contribution in [0.5, 0.6) is 0 Å². The van der Waals surface area contributed by atoms with Gasteiger partial charge in [-0.3, -0.25) is 9.98 Å². The van der Waals surface area contributed by atoms with Crippen LogP contribution < -0.4 is 0 Å². The molecule has 8 rings (SSSR count). The molecule has 0 aliphatic carbocycles. The van der Waals surface area contributed by atoms with Crippen LogP contribution in [-0.4, -0.2) is 40.1 Å². The van der Waals surface area contributed by atoms with Gasteiger partial charge in [0.15, 0.2) is 0 Å². The molecule has 0 unspecified atom stereocenters. The van der Waals surface area contributed by atoms with Gasteiger partial charge in [-0.15, -0.1) is 0 Å². The summed E-state index contributed by atoms with van der Waals surface area (Å²) in [6, 6.07) is 30.8. The number of aromatic amines is 2. The Morgan fingerprint density at radius 3 is 1.52 bits per heavy atom. The van der Waals surface area contributed by atoms with Crippen molar-refractivity contribution in [3.8, 4) is 22.5 Å². The molecule has 2 N–H and O–H groups in total. The Bertz CT molecular complexity index is 2010. The molecule has 0 amide bonds. The summed E-state index contributed by atoms with van der Waals surface area (Å²) in [4.78, 5) is 17.2. The molecule has 0 atom stereocenters. The molecule has 4 aromatic carbocycles. The molecule has 0 spiro atoms. The highest BCUT2D eigenvalue weighted by molar-refractivity contribution is 6.13. The average Bonchev–Trinajstić information content (AvgIpc) is 3.67. The average molecular weight is 548 g/mol. The highest BCUT2D eigenvalue weighted by Gasteiger charge is 2.17. The quantitative estimate of drug-likeness (QED) is 0.190. The summed E-state index contributed by atoms with van der Waals surface area (Å²) < 4.78 is 2.30. The first-order chi connectivity index (χ1) is 20.8. The molecular formula is C37H33N5. The normalized spacial score (nSPS) is 14.5. The van der Waals surface area contributed by atoms with Crippen LogP contribution in [0.3, 0.4) is 0 Å². The predicted molar refractivity (Wildman–Crippen MR) is 178 cm³/mol. The molecule has 1 aliphatic rings. The summed E-state index contributed by atoms with van der Waals surface area (Å²) in [6.45, 7) is 1.68. The van der Waals surface area contributed by atoms with Gasteiger partial charge < -0.3 is 14.5 Å². The van der Waals surface area contributed by atoms with E-state index < -0.39 is 0 Å². The fourth-order valence-corrected chi connectivity index (χ4v) is 6.65. The van der Waals surface area contributed by atoms with Crippen molar-refractivity contribution in [3.05, 3.63) is 96.1 Å². The lowest BCUT2D eigenvalue weighted by atomic mass is 10.0. The zero-order valence-corrected chi connectivity index (χ0v) is 23.8. The summed E-state index contributed by atoms with van der Waals surface area (Å²) in [6.07, 6.45) is 8.68. The number of aromatic nitrogens is 3. The van der Waals surface area contributed by atoms with Gasteiger partial charge in [-0.05, 0) is 60.4 Å². The smallest absolute Gasteiger partial charge is 0.0554 e. The van der Waals surface area contributed by atoms with E-state index in [1.165, 1.54) is 56.5 Å². The van der Waals surface area contributed by atoms with E-state index in [1.807, 2.05) is 0 Å². The molecule has 0 saturated carbocycles. The van der Waals surface area contributed by atoms with Crippen molar-refractivity contribution in [2.45, 2.75) is 25.7 Å². The maximum Gasteiger partial charge on any atom is 0.0554 e. The minimum atomic E-state index is 0.839. The first kappa shape index (κ1) is 24.9. The fourth-order valence-electron chi connectivity index (χ4n) is 6.65. The Balaban J connectivity index is 1.37. The SMILES string of the molecule is Cn1c2ccc3cc2c2cc(ccc21)-c1[nH]c2ccccc2c1C=NCCCCCCN=Cc1c-3[nH]c2ccccc12. The third kappa shape index (κ3) is 4.07. The van der Waals surface area contributed by atoms with Crippen molar-refractivity contribution >= 4 is 56.0 Å². The standard InChI is InChI=1S/C37H33N5/c1-42-34-16-14-24-20-28(34)29-21-25(15-17-35(29)42)37-31(27-11-5-7-13-33(27)41-37)23-39-19-9-3-2-8-18-38-22-30-26-10-4-6-12-32(26)40-36(24)30/h4-7,10-17,20-23,40-41H,2-3,8-9,18-19H2,1H3. The maximum absolute atomic E-state index is 4.89. The molecule has 0 radical (unpaired) electrons. The minimum absolute atomic E-state index is 0.839. The number of aryl methyl sites for hydroxylation is 1. The van der Waals surface area contributed by atoms with E-state index in [0.29, 0.717) is 0 Å². The van der Waals surface area contributed by atoms with Crippen LogP contribution in [0.2, 0.25) is 0 Å². The second-order valence-corrected chi connectivity index (χ2v) is 11.4. The number of nitrogens with zero attached hydrogens (tertiary/aromatic N) is 3. The molecule has 3 aromatic heterocycles. The van der Waals surface area contributed by atoms with E-state index in [2.05, 4.69) is 119 Å². The van der Waals surface area contributed by atoms with Crippen molar-refractivity contribution in [3.63, 3.8) is 0 Å². The highest BCUT2D eigenvalue weighted by atomic mass is 14.9. The number of aliphatic imine (C=N–C) groups is 2. The Labute approximate surface area is 244 Å². The van der Waals surface area contributed by atoms with E-state index in [9.17, 15) is 0 Å². The van der Waals surface area contributed by atoms with Gasteiger partial charge in [0, 0.05) is 87.3 Å². The summed E-state index contributed by atoms with van der Waals surface area (Å²) >= 11 is 0. The van der Waals surface area contributed by atoms with E-state index in [-0.39, 0.29) is 0 Å². The fraction of sp³-hybridized carbons (Fsp3) is 0.189. The lowest BCUT2D eigenvalue weighted by molar-refractivity contribution is 0.655. The predicted octanol–water partition coefficient (Wildman–Crippen LogP) is 9.04. The molecule has 42 heavy (non-hydrogen) atoms. The number of rotatable bonds is 0. The van der Waals surface area contributed by atoms with Gasteiger partial charge in [0.1, 0.15) is 0 Å². The van der Waals surface area contributed by atoms with Gasteiger partial charge in [0.05, 0.1) is 11.4 Å². The monoisotopic (exact) mass is 547 g/mol. The first-order valence-electron chi connectivity index (χ1n) is 15.0. The lowest BCUT2D eigenvalue weighted by Crippen LogP contribution is -1.91. The number of hydrogen-bond acceptors (Lipinski definition) is 2. The Hall–Kier alpha value is -4.90. The molecule has 7 aromatic rings. The van der Waals surface area contributed by atoms with Gasteiger partial charge in [-0.2, -0.15) is 0 Å². The Kier molecular flexibility index (Phi) is 6.03. The van der Waals surface area contributed by atoms with Gasteiger partial charge in [0.2, 0.25) is 0 Å². The van der Waals surface area contributed by atoms with Gasteiger partial charge in [-0.25, -0.2) is 0 Å². The molecule has 4 bridgehead atoms. The lowest BCUT2D eigenvalue weighted by Gasteiger charge is -2.05. The summed E-state index contributed by atoms with van der Waals surface area (Å²) in [5, 5.41) is 4.91. The summed E-state index contributed by atoms with van der Waals surface area (Å²) in [5.74, 6) is 0. The number of hydrogen-bond donors (Lipinski definition) is 2. The van der Waals surface area contributed by atoms with Crippen LogP contribution in [0.4, 0.5) is 0 Å². The summed E-state index contributed by atoms with van der Waals surface area (Å²) in [5.41, 5.74) is 11.6. The highest BCUT2D eigenvalue weighted by Crippen LogP contribution is 2.37. The number of benzene rings is 4. The number of fused-ring (bicyclic) bond motifs is 10. The van der Waals surface area contributed by atoms with Crippen LogP contribution in [0.1, 0.15) is 36.8 Å². The molecule has 5 nitrogen and oxygen atoms in total. The number of para-hydroxylation sites is 2. The Morgan fingerprint density at radius 2 is 1.02 bits per heavy atom. The zero-order chi connectivity index (χ0) is 28.0. The van der Waals surface area contributed by atoms with Crippen LogP contribution in [0.25, 0.3) is 66.1 Å². The first-order valence-corrected chi connectivity index (χ1v) is 15.0. The van der Waals surface area contributed by atoms with Crippen molar-refractivity contribution < 1.29 is 0 Å². The molecule has 0 fully saturated rings. The van der Waals surface area contributed by atoms with Gasteiger partial charge in [-0.1, -0.05) is 61.4 Å². The van der Waals surface area contributed by atoms with E-state index in [1.54, 1.807) is 0 Å². The van der Waals surface area contributed by atoms with Gasteiger partial charge in [0.25, 0.3) is 0 Å². The third-order valence-corrected chi connectivity index (χ3v) is 8.84. The zero-order valence-electron chi connectivity index (χ0n) is 23.8. The molecule has 1 aliphatic heterocycles. The van der Waals surface area contributed by atoms with E-state index in [0.717, 1.165) is 59.5 Å². The second-order valence-electron chi connectivity index (χ2n) is 11.4. The largest absolute Gasteiger partial charge is 0.354 e. The van der Waals surface area contributed by atoms with Crippen molar-refractivity contribution in [2.75, 3.05) is 13.1 Å². The minimum Gasteiger partial charge on any atom is -0.354 e. The van der Waals surface area contributed by atoms with Gasteiger partial charge >= 0.3 is 0 Å². The molecule has 206 valence electrons. The van der Waals surface area contributed by atoms with Crippen molar-refractivity contribution in [1.29, 1.82) is 0 Å². The molecular weight excluding hydrogens is 514 g/mol.